The zero-order valence-electron chi connectivity index (χ0n) is 15.5. The molecule has 4 nitrogen and oxygen atoms in total. The van der Waals surface area contributed by atoms with Crippen LogP contribution in [0, 0.1) is 0 Å². The van der Waals surface area contributed by atoms with Gasteiger partial charge in [0.1, 0.15) is 0 Å². The van der Waals surface area contributed by atoms with Crippen LogP contribution >= 0.6 is 0 Å². The van der Waals surface area contributed by atoms with Crippen molar-refractivity contribution in [3.8, 4) is 0 Å². The van der Waals surface area contributed by atoms with Gasteiger partial charge in [0, 0.05) is 32.2 Å². The molecule has 1 heterocycles. The lowest BCUT2D eigenvalue weighted by Crippen LogP contribution is -2.43. The summed E-state index contributed by atoms with van der Waals surface area (Å²) >= 11 is 0. The van der Waals surface area contributed by atoms with Crippen molar-refractivity contribution in [2.24, 2.45) is 0 Å². The topological polar surface area (TPSA) is 44.4 Å². The lowest BCUT2D eigenvalue weighted by atomic mass is 9.98. The molecule has 3 rings (SSSR count). The zero-order chi connectivity index (χ0) is 18.2. The fraction of sp³-hybridized carbons (Fsp3) is 0.409. The van der Waals surface area contributed by atoms with Gasteiger partial charge in [-0.2, -0.15) is 0 Å². The fourth-order valence-electron chi connectivity index (χ4n) is 3.52. The third-order valence-corrected chi connectivity index (χ3v) is 5.09. The average molecular weight is 351 g/mol. The Bertz CT molecular complexity index is 674. The number of carbonyl (C=O) groups excluding carboxylic acids is 1. The smallest absolute Gasteiger partial charge is 0.315 e. The first-order chi connectivity index (χ1) is 12.7. The minimum absolute atomic E-state index is 0.0446. The Morgan fingerprint density at radius 3 is 2.54 bits per heavy atom. The van der Waals surface area contributed by atoms with E-state index in [9.17, 15) is 4.79 Å². The van der Waals surface area contributed by atoms with Crippen LogP contribution in [0.15, 0.2) is 60.7 Å². The Morgan fingerprint density at radius 2 is 1.81 bits per heavy atom. The fourth-order valence-corrected chi connectivity index (χ4v) is 3.52. The van der Waals surface area contributed by atoms with Crippen molar-refractivity contribution in [2.45, 2.75) is 38.3 Å². The molecule has 2 unspecified atom stereocenters. The highest BCUT2D eigenvalue weighted by Gasteiger charge is 2.23. The molecular weight excluding hydrogens is 322 g/mol. The van der Waals surface area contributed by atoms with Crippen LogP contribution in [0.2, 0.25) is 0 Å². The molecule has 138 valence electrons. The summed E-state index contributed by atoms with van der Waals surface area (Å²) in [6.45, 7) is 5.80. The molecule has 26 heavy (non-hydrogen) atoms. The second-order valence-electron chi connectivity index (χ2n) is 7.21. The molecule has 0 spiro atoms. The molecular formula is C22H29N3O. The predicted octanol–water partition coefficient (Wildman–Crippen LogP) is 3.75. The van der Waals surface area contributed by atoms with Gasteiger partial charge in [-0.3, -0.25) is 4.90 Å². The monoisotopic (exact) mass is 351 g/mol. The first-order valence-electron chi connectivity index (χ1n) is 9.56. The third kappa shape index (κ3) is 5.60. The molecule has 0 bridgehead atoms. The first-order valence-corrected chi connectivity index (χ1v) is 9.56. The normalized spacial score (nSPS) is 18.4. The second kappa shape index (κ2) is 9.39. The van der Waals surface area contributed by atoms with Crippen molar-refractivity contribution in [3.63, 3.8) is 0 Å². The lowest BCUT2D eigenvalue weighted by Gasteiger charge is -2.17. The Balaban J connectivity index is 1.34. The van der Waals surface area contributed by atoms with Crippen LogP contribution < -0.4 is 10.6 Å². The van der Waals surface area contributed by atoms with Crippen molar-refractivity contribution in [3.05, 3.63) is 71.8 Å². The molecule has 0 aromatic heterocycles. The molecule has 1 aliphatic heterocycles. The minimum atomic E-state index is -0.0446. The predicted molar refractivity (Wildman–Crippen MR) is 106 cm³/mol. The Hall–Kier alpha value is -2.33. The maximum Gasteiger partial charge on any atom is 0.315 e. The molecule has 0 radical (unpaired) electrons. The van der Waals surface area contributed by atoms with Gasteiger partial charge in [0.05, 0.1) is 0 Å². The summed E-state index contributed by atoms with van der Waals surface area (Å²) < 4.78 is 0. The van der Waals surface area contributed by atoms with Crippen LogP contribution in [-0.2, 0) is 6.54 Å². The summed E-state index contributed by atoms with van der Waals surface area (Å²) in [5.41, 5.74) is 2.65. The van der Waals surface area contributed by atoms with Gasteiger partial charge < -0.3 is 10.6 Å². The van der Waals surface area contributed by atoms with E-state index >= 15 is 0 Å². The van der Waals surface area contributed by atoms with Crippen LogP contribution in [0.1, 0.15) is 36.8 Å². The maximum absolute atomic E-state index is 12.1. The Morgan fingerprint density at radius 1 is 1.12 bits per heavy atom. The summed E-state index contributed by atoms with van der Waals surface area (Å²) in [6, 6.07) is 21.1. The standard InChI is InChI=1S/C22H29N3O/c1-18(20-10-6-3-7-11-20)12-14-23-22(26)24-21-13-15-25(17-21)16-19-8-4-2-5-9-19/h2-11,18,21H,12-17H2,1H3,(H2,23,24,26). The SMILES string of the molecule is CC(CCNC(=O)NC1CCN(Cc2ccccc2)C1)c1ccccc1. The number of benzene rings is 2. The zero-order valence-corrected chi connectivity index (χ0v) is 15.5. The number of amides is 2. The van der Waals surface area contributed by atoms with E-state index in [2.05, 4.69) is 71.0 Å². The summed E-state index contributed by atoms with van der Waals surface area (Å²) in [5.74, 6) is 0.448. The summed E-state index contributed by atoms with van der Waals surface area (Å²) in [6.07, 6.45) is 1.96. The van der Waals surface area contributed by atoms with Crippen LogP contribution in [-0.4, -0.2) is 36.6 Å². The molecule has 1 fully saturated rings. The molecule has 1 saturated heterocycles. The number of nitrogens with one attached hydrogen (secondary N) is 2. The number of carbonyl (C=O) groups is 1. The van der Waals surface area contributed by atoms with Crippen LogP contribution in [0.4, 0.5) is 4.79 Å². The van der Waals surface area contributed by atoms with E-state index in [0.29, 0.717) is 12.5 Å². The van der Waals surface area contributed by atoms with E-state index in [-0.39, 0.29) is 12.1 Å². The van der Waals surface area contributed by atoms with Crippen molar-refractivity contribution in [2.75, 3.05) is 19.6 Å². The largest absolute Gasteiger partial charge is 0.338 e. The van der Waals surface area contributed by atoms with Gasteiger partial charge in [-0.15, -0.1) is 0 Å². The van der Waals surface area contributed by atoms with Gasteiger partial charge in [0.15, 0.2) is 0 Å². The van der Waals surface area contributed by atoms with Gasteiger partial charge in [-0.05, 0) is 29.9 Å². The number of nitrogens with zero attached hydrogens (tertiary/aromatic N) is 1. The molecule has 2 aromatic rings. The van der Waals surface area contributed by atoms with E-state index in [1.807, 2.05) is 12.1 Å². The Labute approximate surface area is 156 Å². The molecule has 4 heteroatoms. The average Bonchev–Trinajstić information content (AvgIpc) is 3.10. The van der Waals surface area contributed by atoms with E-state index < -0.39 is 0 Å². The number of hydrogen-bond acceptors (Lipinski definition) is 2. The highest BCUT2D eigenvalue weighted by Crippen LogP contribution is 2.17. The van der Waals surface area contributed by atoms with Crippen LogP contribution in [0.5, 0.6) is 0 Å². The van der Waals surface area contributed by atoms with Crippen molar-refractivity contribution in [1.82, 2.24) is 15.5 Å². The van der Waals surface area contributed by atoms with Crippen molar-refractivity contribution in [1.29, 1.82) is 0 Å². The molecule has 2 N–H and O–H groups in total. The van der Waals surface area contributed by atoms with E-state index in [1.54, 1.807) is 0 Å². The molecule has 0 aliphatic carbocycles. The first kappa shape index (κ1) is 18.5. The highest BCUT2D eigenvalue weighted by atomic mass is 16.2. The number of urea groups is 1. The molecule has 2 atom stereocenters. The molecule has 2 aromatic carbocycles. The van der Waals surface area contributed by atoms with Crippen LogP contribution in [0.3, 0.4) is 0 Å². The second-order valence-corrected chi connectivity index (χ2v) is 7.21. The van der Waals surface area contributed by atoms with Gasteiger partial charge in [0.2, 0.25) is 0 Å². The summed E-state index contributed by atoms with van der Waals surface area (Å²) in [5, 5.41) is 6.12. The summed E-state index contributed by atoms with van der Waals surface area (Å²) in [7, 11) is 0. The van der Waals surface area contributed by atoms with Gasteiger partial charge in [-0.25, -0.2) is 4.79 Å². The lowest BCUT2D eigenvalue weighted by molar-refractivity contribution is 0.235. The van der Waals surface area contributed by atoms with Gasteiger partial charge in [0.25, 0.3) is 0 Å². The number of hydrogen-bond donors (Lipinski definition) is 2. The van der Waals surface area contributed by atoms with E-state index in [1.165, 1.54) is 11.1 Å². The molecule has 0 saturated carbocycles. The Kier molecular flexibility index (Phi) is 6.67. The minimum Gasteiger partial charge on any atom is -0.338 e. The molecule has 1 aliphatic rings. The van der Waals surface area contributed by atoms with Crippen molar-refractivity contribution < 1.29 is 4.79 Å². The maximum atomic E-state index is 12.1. The van der Waals surface area contributed by atoms with Gasteiger partial charge in [-0.1, -0.05) is 67.6 Å². The quantitative estimate of drug-likeness (QED) is 0.798. The van der Waals surface area contributed by atoms with Crippen molar-refractivity contribution >= 4 is 6.03 Å². The number of rotatable bonds is 7. The summed E-state index contributed by atoms with van der Waals surface area (Å²) in [4.78, 5) is 14.5. The third-order valence-electron chi connectivity index (χ3n) is 5.09. The molecule has 2 amide bonds. The van der Waals surface area contributed by atoms with Crippen LogP contribution in [0.25, 0.3) is 0 Å². The van der Waals surface area contributed by atoms with E-state index in [0.717, 1.165) is 32.5 Å². The number of likely N-dealkylation sites (tertiary alicyclic amines) is 1. The van der Waals surface area contributed by atoms with E-state index in [4.69, 9.17) is 0 Å². The van der Waals surface area contributed by atoms with Gasteiger partial charge >= 0.3 is 6.03 Å². The highest BCUT2D eigenvalue weighted by molar-refractivity contribution is 5.74.